The van der Waals surface area contributed by atoms with Gasteiger partial charge in [0.05, 0.1) is 5.92 Å². The van der Waals surface area contributed by atoms with Gasteiger partial charge >= 0.3 is 5.97 Å². The molecule has 1 N–H and O–H groups in total. The van der Waals surface area contributed by atoms with Crippen molar-refractivity contribution in [3.8, 4) is 0 Å². The molecule has 0 saturated heterocycles. The molecule has 112 valence electrons. The number of carbonyl (C=O) groups is 1. The Morgan fingerprint density at radius 1 is 1.05 bits per heavy atom. The maximum atomic E-state index is 11.7. The molecule has 0 aliphatic heterocycles. The van der Waals surface area contributed by atoms with E-state index in [0.717, 1.165) is 19.3 Å². The normalized spacial score (nSPS) is 35.6. The first-order chi connectivity index (χ1) is 8.53. The molecule has 1 aliphatic rings. The highest BCUT2D eigenvalue weighted by atomic mass is 16.4. The standard InChI is InChI=1S/C17H32O2/c1-12-7-8-16(3,4)11-17(5,6)14(15(18)19)10-13(2)9-12/h12-14H,7-11H2,1-6H3,(H,18,19). The predicted molar refractivity (Wildman–Crippen MR) is 80.1 cm³/mol. The van der Waals surface area contributed by atoms with Gasteiger partial charge in [0, 0.05) is 0 Å². The SMILES string of the molecule is CC1CCC(C)(C)CC(C)(C)C(C(=O)O)CC(C)C1. The molecule has 0 amide bonds. The number of hydrogen-bond acceptors (Lipinski definition) is 1. The Morgan fingerprint density at radius 3 is 2.16 bits per heavy atom. The van der Waals surface area contributed by atoms with Crippen LogP contribution in [-0.4, -0.2) is 11.1 Å². The van der Waals surface area contributed by atoms with Crippen LogP contribution < -0.4 is 0 Å². The Bertz CT molecular complexity index is 317. The molecule has 1 aliphatic carbocycles. The summed E-state index contributed by atoms with van der Waals surface area (Å²) in [6, 6.07) is 0. The van der Waals surface area contributed by atoms with Gasteiger partial charge in [0.25, 0.3) is 0 Å². The van der Waals surface area contributed by atoms with E-state index in [1.807, 2.05) is 0 Å². The minimum Gasteiger partial charge on any atom is -0.481 e. The second kappa shape index (κ2) is 5.85. The molecule has 2 heteroatoms. The van der Waals surface area contributed by atoms with Crippen LogP contribution in [0.25, 0.3) is 0 Å². The van der Waals surface area contributed by atoms with Crippen molar-refractivity contribution in [2.24, 2.45) is 28.6 Å². The molecule has 1 rings (SSSR count). The van der Waals surface area contributed by atoms with Crippen molar-refractivity contribution < 1.29 is 9.90 Å². The molecule has 2 nitrogen and oxygen atoms in total. The summed E-state index contributed by atoms with van der Waals surface area (Å²) in [6.07, 6.45) is 5.46. The van der Waals surface area contributed by atoms with E-state index < -0.39 is 5.97 Å². The van der Waals surface area contributed by atoms with Gasteiger partial charge in [0.2, 0.25) is 0 Å². The summed E-state index contributed by atoms with van der Waals surface area (Å²) in [5, 5.41) is 9.61. The van der Waals surface area contributed by atoms with Crippen molar-refractivity contribution in [3.63, 3.8) is 0 Å². The van der Waals surface area contributed by atoms with Crippen LogP contribution in [-0.2, 0) is 4.79 Å². The Morgan fingerprint density at radius 2 is 1.63 bits per heavy atom. The fourth-order valence-corrected chi connectivity index (χ4v) is 4.14. The molecule has 0 heterocycles. The first kappa shape index (κ1) is 16.5. The van der Waals surface area contributed by atoms with Gasteiger partial charge in [-0.05, 0) is 48.3 Å². The van der Waals surface area contributed by atoms with Crippen LogP contribution in [0.3, 0.4) is 0 Å². The fourth-order valence-electron chi connectivity index (χ4n) is 4.14. The monoisotopic (exact) mass is 268 g/mol. The number of rotatable bonds is 1. The number of aliphatic carboxylic acids is 1. The first-order valence-corrected chi connectivity index (χ1v) is 7.76. The lowest BCUT2D eigenvalue weighted by atomic mass is 9.63. The number of carboxylic acid groups (broad SMARTS) is 1. The van der Waals surface area contributed by atoms with Gasteiger partial charge in [0.1, 0.15) is 0 Å². The molecule has 0 aromatic heterocycles. The van der Waals surface area contributed by atoms with Crippen molar-refractivity contribution in [1.82, 2.24) is 0 Å². The van der Waals surface area contributed by atoms with Crippen molar-refractivity contribution in [2.75, 3.05) is 0 Å². The number of hydrogen-bond donors (Lipinski definition) is 1. The Labute approximate surface area is 119 Å². The van der Waals surface area contributed by atoms with E-state index in [9.17, 15) is 9.90 Å². The highest BCUT2D eigenvalue weighted by molar-refractivity contribution is 5.71. The quantitative estimate of drug-likeness (QED) is 0.728. The van der Waals surface area contributed by atoms with E-state index in [1.165, 1.54) is 12.8 Å². The van der Waals surface area contributed by atoms with E-state index in [-0.39, 0.29) is 16.7 Å². The summed E-state index contributed by atoms with van der Waals surface area (Å²) >= 11 is 0. The van der Waals surface area contributed by atoms with Gasteiger partial charge in [0.15, 0.2) is 0 Å². The summed E-state index contributed by atoms with van der Waals surface area (Å²) in [5.74, 6) is 0.398. The fraction of sp³-hybridized carbons (Fsp3) is 0.941. The molecular formula is C17H32O2. The lowest BCUT2D eigenvalue weighted by Gasteiger charge is -2.41. The van der Waals surface area contributed by atoms with Crippen molar-refractivity contribution >= 4 is 5.97 Å². The van der Waals surface area contributed by atoms with Gasteiger partial charge in [-0.1, -0.05) is 48.0 Å². The van der Waals surface area contributed by atoms with Crippen LogP contribution in [0.4, 0.5) is 0 Å². The van der Waals surface area contributed by atoms with E-state index in [1.54, 1.807) is 0 Å². The minimum absolute atomic E-state index is 0.121. The van der Waals surface area contributed by atoms with Crippen LogP contribution in [0.5, 0.6) is 0 Å². The molecule has 3 atom stereocenters. The van der Waals surface area contributed by atoms with Crippen LogP contribution in [0.15, 0.2) is 0 Å². The molecule has 0 spiro atoms. The molecule has 0 radical (unpaired) electrons. The smallest absolute Gasteiger partial charge is 0.307 e. The third-order valence-electron chi connectivity index (χ3n) is 4.93. The Kier molecular flexibility index (Phi) is 5.08. The lowest BCUT2D eigenvalue weighted by Crippen LogP contribution is -2.37. The van der Waals surface area contributed by atoms with Crippen LogP contribution >= 0.6 is 0 Å². The molecule has 19 heavy (non-hydrogen) atoms. The van der Waals surface area contributed by atoms with E-state index >= 15 is 0 Å². The largest absolute Gasteiger partial charge is 0.481 e. The average molecular weight is 268 g/mol. The maximum absolute atomic E-state index is 11.7. The summed E-state index contributed by atoms with van der Waals surface area (Å²) in [5.41, 5.74) is 0.121. The van der Waals surface area contributed by atoms with E-state index in [4.69, 9.17) is 0 Å². The molecule has 1 fully saturated rings. The molecule has 0 bridgehead atoms. The van der Waals surface area contributed by atoms with Crippen LogP contribution in [0.2, 0.25) is 0 Å². The third kappa shape index (κ3) is 4.81. The van der Waals surface area contributed by atoms with Gasteiger partial charge in [-0.25, -0.2) is 0 Å². The van der Waals surface area contributed by atoms with Crippen LogP contribution in [0, 0.1) is 28.6 Å². The lowest BCUT2D eigenvalue weighted by molar-refractivity contribution is -0.148. The van der Waals surface area contributed by atoms with Crippen molar-refractivity contribution in [3.05, 3.63) is 0 Å². The van der Waals surface area contributed by atoms with Gasteiger partial charge in [-0.3, -0.25) is 4.79 Å². The van der Waals surface area contributed by atoms with Gasteiger partial charge in [-0.15, -0.1) is 0 Å². The first-order valence-electron chi connectivity index (χ1n) is 7.76. The molecule has 0 aromatic rings. The Balaban J connectivity index is 2.99. The molecule has 1 saturated carbocycles. The van der Waals surface area contributed by atoms with E-state index in [2.05, 4.69) is 41.5 Å². The zero-order chi connectivity index (χ0) is 14.8. The van der Waals surface area contributed by atoms with Crippen molar-refractivity contribution in [2.45, 2.75) is 73.6 Å². The summed E-state index contributed by atoms with van der Waals surface area (Å²) in [7, 11) is 0. The Hall–Kier alpha value is -0.530. The second-order valence-electron chi connectivity index (χ2n) is 8.44. The summed E-state index contributed by atoms with van der Waals surface area (Å²) in [4.78, 5) is 11.7. The number of carboxylic acids is 1. The summed E-state index contributed by atoms with van der Waals surface area (Å²) < 4.78 is 0. The second-order valence-corrected chi connectivity index (χ2v) is 8.44. The highest BCUT2D eigenvalue weighted by Gasteiger charge is 2.40. The van der Waals surface area contributed by atoms with Gasteiger partial charge in [-0.2, -0.15) is 0 Å². The molecule has 3 unspecified atom stereocenters. The highest BCUT2D eigenvalue weighted by Crippen LogP contribution is 2.46. The average Bonchev–Trinajstić information content (AvgIpc) is 2.20. The molecular weight excluding hydrogens is 236 g/mol. The van der Waals surface area contributed by atoms with E-state index in [0.29, 0.717) is 11.8 Å². The third-order valence-corrected chi connectivity index (χ3v) is 4.93. The summed E-state index contributed by atoms with van der Waals surface area (Å²) in [6.45, 7) is 13.4. The van der Waals surface area contributed by atoms with Gasteiger partial charge < -0.3 is 5.11 Å². The zero-order valence-electron chi connectivity index (χ0n) is 13.6. The molecule has 0 aromatic carbocycles. The maximum Gasteiger partial charge on any atom is 0.307 e. The zero-order valence-corrected chi connectivity index (χ0v) is 13.6. The predicted octanol–water partition coefficient (Wildman–Crippen LogP) is 4.98. The minimum atomic E-state index is -0.610. The van der Waals surface area contributed by atoms with Crippen LogP contribution in [0.1, 0.15) is 73.6 Å². The topological polar surface area (TPSA) is 37.3 Å². The van der Waals surface area contributed by atoms with Crippen molar-refractivity contribution in [1.29, 1.82) is 0 Å².